The lowest BCUT2D eigenvalue weighted by Gasteiger charge is -1.96. The van der Waals surface area contributed by atoms with Crippen LogP contribution in [-0.4, -0.2) is 4.98 Å². The summed E-state index contributed by atoms with van der Waals surface area (Å²) in [5.74, 6) is 6.58. The van der Waals surface area contributed by atoms with Crippen LogP contribution in [0.3, 0.4) is 0 Å². The second-order valence-corrected chi connectivity index (χ2v) is 3.81. The third kappa shape index (κ3) is 2.35. The first-order chi connectivity index (χ1) is 7.25. The molecule has 15 heavy (non-hydrogen) atoms. The molecule has 1 aromatic carbocycles. The fourth-order valence-electron chi connectivity index (χ4n) is 1.35. The second kappa shape index (κ2) is 4.14. The van der Waals surface area contributed by atoms with Gasteiger partial charge in [0, 0.05) is 11.3 Å². The van der Waals surface area contributed by atoms with E-state index < -0.39 is 0 Å². The summed E-state index contributed by atoms with van der Waals surface area (Å²) in [5, 5.41) is 1.16. The van der Waals surface area contributed by atoms with Crippen LogP contribution in [-0.2, 0) is 0 Å². The summed E-state index contributed by atoms with van der Waals surface area (Å²) in [6.45, 7) is 4.15. The Hall–Kier alpha value is -1.81. The van der Waals surface area contributed by atoms with Crippen molar-refractivity contribution in [1.29, 1.82) is 0 Å². The average molecular weight is 195 g/mol. The Balaban J connectivity index is 2.44. The van der Waals surface area contributed by atoms with Crippen LogP contribution in [0.2, 0.25) is 0 Å². The SMILES string of the molecule is CC(C)C#Cc1ccc2ccccc2n1. The van der Waals surface area contributed by atoms with E-state index in [1.165, 1.54) is 0 Å². The van der Waals surface area contributed by atoms with E-state index >= 15 is 0 Å². The Labute approximate surface area is 90.2 Å². The first kappa shape index (κ1) is 9.73. The monoisotopic (exact) mass is 195 g/mol. The van der Waals surface area contributed by atoms with Crippen molar-refractivity contribution in [2.45, 2.75) is 13.8 Å². The Morgan fingerprint density at radius 1 is 1.07 bits per heavy atom. The van der Waals surface area contributed by atoms with Crippen molar-refractivity contribution in [3.05, 3.63) is 42.1 Å². The van der Waals surface area contributed by atoms with Gasteiger partial charge in [-0.25, -0.2) is 4.98 Å². The van der Waals surface area contributed by atoms with E-state index in [1.807, 2.05) is 24.3 Å². The molecule has 0 fully saturated rings. The molecular weight excluding hydrogens is 182 g/mol. The van der Waals surface area contributed by atoms with Gasteiger partial charge in [0.25, 0.3) is 0 Å². The number of rotatable bonds is 0. The summed E-state index contributed by atoms with van der Waals surface area (Å²) in [4.78, 5) is 4.47. The Morgan fingerprint density at radius 2 is 1.87 bits per heavy atom. The van der Waals surface area contributed by atoms with Crippen LogP contribution in [0.1, 0.15) is 19.5 Å². The molecule has 0 saturated heterocycles. The molecule has 0 amide bonds. The maximum absolute atomic E-state index is 4.47. The molecular formula is C14H13N. The standard InChI is InChI=1S/C14H13N/c1-11(2)7-9-13-10-8-12-5-3-4-6-14(12)15-13/h3-6,8,10-11H,1-2H3. The number of para-hydroxylation sites is 1. The maximum Gasteiger partial charge on any atom is 0.113 e. The summed E-state index contributed by atoms with van der Waals surface area (Å²) in [5.41, 5.74) is 1.86. The third-order valence-electron chi connectivity index (χ3n) is 2.09. The lowest BCUT2D eigenvalue weighted by molar-refractivity contribution is 0.866. The summed E-state index contributed by atoms with van der Waals surface area (Å²) in [6, 6.07) is 12.1. The van der Waals surface area contributed by atoms with Crippen LogP contribution >= 0.6 is 0 Å². The van der Waals surface area contributed by atoms with E-state index in [0.29, 0.717) is 5.92 Å². The van der Waals surface area contributed by atoms with Crippen molar-refractivity contribution in [2.75, 3.05) is 0 Å². The van der Waals surface area contributed by atoms with Crippen LogP contribution in [0.25, 0.3) is 10.9 Å². The summed E-state index contributed by atoms with van der Waals surface area (Å²) < 4.78 is 0. The molecule has 0 aliphatic carbocycles. The lowest BCUT2D eigenvalue weighted by atomic mass is 10.2. The van der Waals surface area contributed by atoms with Crippen molar-refractivity contribution in [2.24, 2.45) is 5.92 Å². The Bertz CT molecular complexity index is 530. The summed E-state index contributed by atoms with van der Waals surface area (Å²) in [7, 11) is 0. The molecule has 0 bridgehead atoms. The second-order valence-electron chi connectivity index (χ2n) is 3.81. The average Bonchev–Trinajstić information content (AvgIpc) is 2.26. The van der Waals surface area contributed by atoms with E-state index in [0.717, 1.165) is 16.6 Å². The van der Waals surface area contributed by atoms with E-state index in [2.05, 4.69) is 42.8 Å². The highest BCUT2D eigenvalue weighted by atomic mass is 14.7. The Kier molecular flexibility index (Phi) is 2.69. The van der Waals surface area contributed by atoms with E-state index in [4.69, 9.17) is 0 Å². The zero-order chi connectivity index (χ0) is 10.7. The van der Waals surface area contributed by atoms with Gasteiger partial charge in [0.15, 0.2) is 0 Å². The molecule has 2 rings (SSSR count). The third-order valence-corrected chi connectivity index (χ3v) is 2.09. The van der Waals surface area contributed by atoms with E-state index in [-0.39, 0.29) is 0 Å². The predicted octanol–water partition coefficient (Wildman–Crippen LogP) is 3.24. The molecule has 0 N–H and O–H groups in total. The predicted molar refractivity (Wildman–Crippen MR) is 63.5 cm³/mol. The molecule has 0 unspecified atom stereocenters. The van der Waals surface area contributed by atoms with Crippen LogP contribution in [0.4, 0.5) is 0 Å². The highest BCUT2D eigenvalue weighted by molar-refractivity contribution is 5.78. The number of nitrogens with zero attached hydrogens (tertiary/aromatic N) is 1. The minimum atomic E-state index is 0.387. The Morgan fingerprint density at radius 3 is 2.67 bits per heavy atom. The van der Waals surface area contributed by atoms with Gasteiger partial charge < -0.3 is 0 Å². The summed E-state index contributed by atoms with van der Waals surface area (Å²) >= 11 is 0. The normalized spacial score (nSPS) is 10.1. The van der Waals surface area contributed by atoms with Gasteiger partial charge in [0.1, 0.15) is 5.69 Å². The fraction of sp³-hybridized carbons (Fsp3) is 0.214. The molecule has 74 valence electrons. The molecule has 0 spiro atoms. The highest BCUT2D eigenvalue weighted by Gasteiger charge is 1.94. The number of hydrogen-bond acceptors (Lipinski definition) is 1. The van der Waals surface area contributed by atoms with Crippen molar-refractivity contribution >= 4 is 10.9 Å². The number of hydrogen-bond donors (Lipinski definition) is 0. The molecule has 2 aromatic rings. The molecule has 0 aliphatic heterocycles. The maximum atomic E-state index is 4.47. The molecule has 1 heteroatoms. The first-order valence-electron chi connectivity index (χ1n) is 5.13. The lowest BCUT2D eigenvalue weighted by Crippen LogP contribution is -1.85. The number of fused-ring (bicyclic) bond motifs is 1. The highest BCUT2D eigenvalue weighted by Crippen LogP contribution is 2.11. The molecule has 1 heterocycles. The number of pyridine rings is 1. The van der Waals surface area contributed by atoms with Gasteiger partial charge in [-0.1, -0.05) is 44.0 Å². The van der Waals surface area contributed by atoms with Crippen molar-refractivity contribution < 1.29 is 0 Å². The van der Waals surface area contributed by atoms with Gasteiger partial charge in [-0.2, -0.15) is 0 Å². The van der Waals surface area contributed by atoms with Crippen molar-refractivity contribution in [1.82, 2.24) is 4.98 Å². The minimum absolute atomic E-state index is 0.387. The number of aromatic nitrogens is 1. The van der Waals surface area contributed by atoms with Crippen LogP contribution < -0.4 is 0 Å². The first-order valence-corrected chi connectivity index (χ1v) is 5.13. The largest absolute Gasteiger partial charge is 0.239 e. The van der Waals surface area contributed by atoms with Gasteiger partial charge >= 0.3 is 0 Å². The molecule has 0 radical (unpaired) electrons. The zero-order valence-corrected chi connectivity index (χ0v) is 8.99. The molecule has 0 aliphatic rings. The molecule has 0 atom stereocenters. The topological polar surface area (TPSA) is 12.9 Å². The van der Waals surface area contributed by atoms with Crippen molar-refractivity contribution in [3.8, 4) is 11.8 Å². The van der Waals surface area contributed by atoms with Gasteiger partial charge in [-0.15, -0.1) is 0 Å². The van der Waals surface area contributed by atoms with Crippen LogP contribution in [0.5, 0.6) is 0 Å². The van der Waals surface area contributed by atoms with Crippen LogP contribution in [0, 0.1) is 17.8 Å². The fourth-order valence-corrected chi connectivity index (χ4v) is 1.35. The van der Waals surface area contributed by atoms with Gasteiger partial charge in [0.2, 0.25) is 0 Å². The van der Waals surface area contributed by atoms with E-state index in [9.17, 15) is 0 Å². The summed E-state index contributed by atoms with van der Waals surface area (Å²) in [6.07, 6.45) is 0. The van der Waals surface area contributed by atoms with Gasteiger partial charge in [-0.3, -0.25) is 0 Å². The molecule has 0 saturated carbocycles. The smallest absolute Gasteiger partial charge is 0.113 e. The van der Waals surface area contributed by atoms with Gasteiger partial charge in [-0.05, 0) is 18.1 Å². The zero-order valence-electron chi connectivity index (χ0n) is 8.99. The van der Waals surface area contributed by atoms with Gasteiger partial charge in [0.05, 0.1) is 5.52 Å². The van der Waals surface area contributed by atoms with E-state index in [1.54, 1.807) is 0 Å². The van der Waals surface area contributed by atoms with Crippen LogP contribution in [0.15, 0.2) is 36.4 Å². The quantitative estimate of drug-likeness (QED) is 0.588. The number of benzene rings is 1. The minimum Gasteiger partial charge on any atom is -0.239 e. The van der Waals surface area contributed by atoms with Crippen molar-refractivity contribution in [3.63, 3.8) is 0 Å². The molecule has 1 aromatic heterocycles. The molecule has 1 nitrogen and oxygen atoms in total.